The third kappa shape index (κ3) is 2.94. The third-order valence-corrected chi connectivity index (χ3v) is 2.18. The Bertz CT molecular complexity index is 331. The molecule has 1 heterocycles. The summed E-state index contributed by atoms with van der Waals surface area (Å²) in [5.41, 5.74) is 0.278. The van der Waals surface area contributed by atoms with Crippen molar-refractivity contribution in [1.82, 2.24) is 4.98 Å². The largest absolute Gasteiger partial charge is 0.418 e. The Kier molecular flexibility index (Phi) is 3.72. The van der Waals surface area contributed by atoms with Crippen molar-refractivity contribution in [3.8, 4) is 0 Å². The van der Waals surface area contributed by atoms with E-state index < -0.39 is 11.7 Å². The number of hydrogen-bond acceptors (Lipinski definition) is 1. The van der Waals surface area contributed by atoms with Gasteiger partial charge in [0.25, 0.3) is 0 Å². The quantitative estimate of drug-likeness (QED) is 0.753. The molecule has 0 N–H and O–H groups in total. The molecule has 0 aliphatic rings. The Morgan fingerprint density at radius 2 is 1.87 bits per heavy atom. The van der Waals surface area contributed by atoms with Crippen LogP contribution in [0.15, 0.2) is 12.1 Å². The van der Waals surface area contributed by atoms with Crippen LogP contribution in [0.3, 0.4) is 0 Å². The molecule has 0 amide bonds. The van der Waals surface area contributed by atoms with Gasteiger partial charge in [-0.15, -0.1) is 0 Å². The minimum atomic E-state index is -4.29. The number of halogens is 3. The molecule has 1 nitrogen and oxygen atoms in total. The molecular formula is C11H14F3N. The van der Waals surface area contributed by atoms with Crippen LogP contribution in [-0.2, 0) is 19.0 Å². The number of nitrogens with zero attached hydrogens (tertiary/aromatic N) is 1. The van der Waals surface area contributed by atoms with Gasteiger partial charge in [-0.3, -0.25) is 4.98 Å². The molecule has 0 saturated carbocycles. The van der Waals surface area contributed by atoms with E-state index in [1.54, 1.807) is 6.92 Å². The molecule has 0 radical (unpaired) electrons. The molecule has 1 aromatic heterocycles. The Morgan fingerprint density at radius 3 is 2.33 bits per heavy atom. The van der Waals surface area contributed by atoms with Gasteiger partial charge in [0.05, 0.1) is 11.3 Å². The summed E-state index contributed by atoms with van der Waals surface area (Å²) in [4.78, 5) is 4.03. The molecule has 1 rings (SSSR count). The zero-order valence-electron chi connectivity index (χ0n) is 8.86. The maximum absolute atomic E-state index is 12.5. The predicted octanol–water partition coefficient (Wildman–Crippen LogP) is 3.62. The van der Waals surface area contributed by atoms with Crippen molar-refractivity contribution in [2.75, 3.05) is 0 Å². The highest BCUT2D eigenvalue weighted by molar-refractivity contribution is 5.26. The second kappa shape index (κ2) is 4.64. The summed E-state index contributed by atoms with van der Waals surface area (Å²) < 4.78 is 37.5. The zero-order valence-corrected chi connectivity index (χ0v) is 8.86. The van der Waals surface area contributed by atoms with Crippen molar-refractivity contribution in [2.45, 2.75) is 39.3 Å². The molecule has 0 unspecified atom stereocenters. The Morgan fingerprint density at radius 1 is 1.20 bits per heavy atom. The molecule has 0 aliphatic carbocycles. The molecule has 4 heteroatoms. The Labute approximate surface area is 87.3 Å². The molecule has 0 atom stereocenters. The van der Waals surface area contributed by atoms with E-state index in [4.69, 9.17) is 0 Å². The van der Waals surface area contributed by atoms with Gasteiger partial charge in [0, 0.05) is 5.69 Å². The fraction of sp³-hybridized carbons (Fsp3) is 0.545. The van der Waals surface area contributed by atoms with Crippen molar-refractivity contribution in [2.24, 2.45) is 0 Å². The van der Waals surface area contributed by atoms with Crippen LogP contribution < -0.4 is 0 Å². The van der Waals surface area contributed by atoms with Gasteiger partial charge < -0.3 is 0 Å². The average Bonchev–Trinajstić information content (AvgIpc) is 2.16. The normalized spacial score (nSPS) is 11.8. The van der Waals surface area contributed by atoms with E-state index in [0.717, 1.165) is 24.6 Å². The summed E-state index contributed by atoms with van der Waals surface area (Å²) in [5.74, 6) is 0. The smallest absolute Gasteiger partial charge is 0.257 e. The maximum Gasteiger partial charge on any atom is 0.418 e. The highest BCUT2D eigenvalue weighted by Gasteiger charge is 2.33. The summed E-state index contributed by atoms with van der Waals surface area (Å²) >= 11 is 0. The van der Waals surface area contributed by atoms with Crippen LogP contribution in [0.1, 0.15) is 37.2 Å². The van der Waals surface area contributed by atoms with E-state index in [0.29, 0.717) is 6.42 Å². The minimum Gasteiger partial charge on any atom is -0.257 e. The van der Waals surface area contributed by atoms with Crippen LogP contribution in [0.4, 0.5) is 13.2 Å². The molecule has 0 aliphatic heterocycles. The number of aryl methyl sites for hydroxylation is 2. The molecule has 84 valence electrons. The predicted molar refractivity (Wildman–Crippen MR) is 52.6 cm³/mol. The summed E-state index contributed by atoms with van der Waals surface area (Å²) in [6.07, 6.45) is -2.36. The van der Waals surface area contributed by atoms with Crippen molar-refractivity contribution >= 4 is 0 Å². The van der Waals surface area contributed by atoms with E-state index in [1.807, 2.05) is 6.92 Å². The Hall–Kier alpha value is -1.06. The first-order chi connectivity index (χ1) is 6.99. The van der Waals surface area contributed by atoms with Gasteiger partial charge in [0.2, 0.25) is 0 Å². The fourth-order valence-electron chi connectivity index (χ4n) is 1.47. The molecule has 0 saturated heterocycles. The molecule has 15 heavy (non-hydrogen) atoms. The van der Waals surface area contributed by atoms with Gasteiger partial charge >= 0.3 is 6.18 Å². The lowest BCUT2D eigenvalue weighted by molar-refractivity contribution is -0.138. The lowest BCUT2D eigenvalue weighted by atomic mass is 10.1. The van der Waals surface area contributed by atoms with E-state index >= 15 is 0 Å². The monoisotopic (exact) mass is 217 g/mol. The summed E-state index contributed by atoms with van der Waals surface area (Å²) in [6, 6.07) is 2.60. The number of pyridine rings is 1. The lowest BCUT2D eigenvalue weighted by Crippen LogP contribution is -2.11. The highest BCUT2D eigenvalue weighted by atomic mass is 19.4. The number of alkyl halides is 3. The maximum atomic E-state index is 12.5. The van der Waals surface area contributed by atoms with Crippen LogP contribution in [-0.4, -0.2) is 4.98 Å². The molecule has 0 fully saturated rings. The summed E-state index contributed by atoms with van der Waals surface area (Å²) in [5, 5.41) is 0. The first-order valence-corrected chi connectivity index (χ1v) is 5.05. The van der Waals surface area contributed by atoms with Gasteiger partial charge in [-0.1, -0.05) is 20.3 Å². The van der Waals surface area contributed by atoms with Crippen molar-refractivity contribution < 1.29 is 13.2 Å². The van der Waals surface area contributed by atoms with Crippen molar-refractivity contribution in [1.29, 1.82) is 0 Å². The molecule has 0 spiro atoms. The van der Waals surface area contributed by atoms with Crippen LogP contribution in [0.25, 0.3) is 0 Å². The zero-order chi connectivity index (χ0) is 11.5. The molecule has 0 aromatic carbocycles. The van der Waals surface area contributed by atoms with E-state index in [-0.39, 0.29) is 5.69 Å². The summed E-state index contributed by atoms with van der Waals surface area (Å²) in [7, 11) is 0. The highest BCUT2D eigenvalue weighted by Crippen LogP contribution is 2.31. The second-order valence-electron chi connectivity index (χ2n) is 3.40. The molecule has 0 bridgehead atoms. The first-order valence-electron chi connectivity index (χ1n) is 5.05. The minimum absolute atomic E-state index is 0.147. The van der Waals surface area contributed by atoms with Crippen molar-refractivity contribution in [3.63, 3.8) is 0 Å². The molecule has 1 aromatic rings. The van der Waals surface area contributed by atoms with Crippen LogP contribution >= 0.6 is 0 Å². The van der Waals surface area contributed by atoms with Gasteiger partial charge in [-0.2, -0.15) is 13.2 Å². The number of aromatic nitrogens is 1. The van der Waals surface area contributed by atoms with Crippen molar-refractivity contribution in [3.05, 3.63) is 29.1 Å². The second-order valence-corrected chi connectivity index (χ2v) is 3.40. The topological polar surface area (TPSA) is 12.9 Å². The van der Waals surface area contributed by atoms with E-state index in [1.165, 1.54) is 6.07 Å². The number of hydrogen-bond donors (Lipinski definition) is 0. The van der Waals surface area contributed by atoms with Gasteiger partial charge in [-0.05, 0) is 25.0 Å². The number of rotatable bonds is 3. The van der Waals surface area contributed by atoms with Crippen LogP contribution in [0.5, 0.6) is 0 Å². The fourth-order valence-corrected chi connectivity index (χ4v) is 1.47. The lowest BCUT2D eigenvalue weighted by Gasteiger charge is -2.11. The summed E-state index contributed by atoms with van der Waals surface area (Å²) in [6.45, 7) is 3.66. The van der Waals surface area contributed by atoms with Gasteiger partial charge in [0.1, 0.15) is 0 Å². The van der Waals surface area contributed by atoms with E-state index in [9.17, 15) is 13.2 Å². The standard InChI is InChI=1S/C11H14F3N/c1-3-5-8-6-7-9(11(12,13)14)10(4-2)15-8/h6-7H,3-5H2,1-2H3. The van der Waals surface area contributed by atoms with Gasteiger partial charge in [-0.25, -0.2) is 0 Å². The van der Waals surface area contributed by atoms with Crippen LogP contribution in [0, 0.1) is 0 Å². The van der Waals surface area contributed by atoms with E-state index in [2.05, 4.69) is 4.98 Å². The molecular weight excluding hydrogens is 203 g/mol. The third-order valence-electron chi connectivity index (χ3n) is 2.18. The Balaban J connectivity index is 3.09. The average molecular weight is 217 g/mol. The first kappa shape index (κ1) is 12.0. The van der Waals surface area contributed by atoms with Gasteiger partial charge in [0.15, 0.2) is 0 Å². The SMILES string of the molecule is CCCc1ccc(C(F)(F)F)c(CC)n1. The van der Waals surface area contributed by atoms with Crippen LogP contribution in [0.2, 0.25) is 0 Å².